The van der Waals surface area contributed by atoms with Crippen LogP contribution in [0.3, 0.4) is 0 Å². The Bertz CT molecular complexity index is 1080. The molecule has 0 saturated carbocycles. The summed E-state index contributed by atoms with van der Waals surface area (Å²) in [6.07, 6.45) is 0. The summed E-state index contributed by atoms with van der Waals surface area (Å²) in [5.74, 6) is -13.2. The van der Waals surface area contributed by atoms with E-state index in [0.717, 1.165) is 5.06 Å². The SMILES string of the molecule is COc1ccc(C2C(S(=O)(=O)Oc3c(F)c(F)c(F)c(F)c3F)CON2C)cc1OC. The molecule has 1 aliphatic rings. The molecule has 7 nitrogen and oxygen atoms in total. The van der Waals surface area contributed by atoms with Crippen LogP contribution in [0.15, 0.2) is 18.2 Å². The largest absolute Gasteiger partial charge is 0.493 e. The van der Waals surface area contributed by atoms with Crippen molar-refractivity contribution in [3.63, 3.8) is 0 Å². The summed E-state index contributed by atoms with van der Waals surface area (Å²) >= 11 is 0. The number of hydrogen-bond donors (Lipinski definition) is 0. The van der Waals surface area contributed by atoms with E-state index in [0.29, 0.717) is 11.3 Å². The van der Waals surface area contributed by atoms with Crippen LogP contribution < -0.4 is 13.7 Å². The fourth-order valence-electron chi connectivity index (χ4n) is 3.14. The Balaban J connectivity index is 2.02. The van der Waals surface area contributed by atoms with Crippen LogP contribution in [0.4, 0.5) is 22.0 Å². The van der Waals surface area contributed by atoms with Gasteiger partial charge in [-0.3, -0.25) is 4.84 Å². The molecule has 1 saturated heterocycles. The Morgan fingerprint density at radius 3 is 2.03 bits per heavy atom. The highest BCUT2D eigenvalue weighted by molar-refractivity contribution is 7.87. The summed E-state index contributed by atoms with van der Waals surface area (Å²) in [6.45, 7) is -0.507. The van der Waals surface area contributed by atoms with Crippen LogP contribution in [0.2, 0.25) is 0 Å². The van der Waals surface area contributed by atoms with Crippen molar-refractivity contribution in [2.45, 2.75) is 11.3 Å². The first-order valence-electron chi connectivity index (χ1n) is 8.55. The first kappa shape index (κ1) is 23.0. The van der Waals surface area contributed by atoms with Gasteiger partial charge in [0.05, 0.1) is 26.9 Å². The second-order valence-corrected chi connectivity index (χ2v) is 8.17. The zero-order valence-corrected chi connectivity index (χ0v) is 17.1. The van der Waals surface area contributed by atoms with E-state index < -0.39 is 62.9 Å². The summed E-state index contributed by atoms with van der Waals surface area (Å²) in [4.78, 5) is 5.22. The highest BCUT2D eigenvalue weighted by Gasteiger charge is 2.46. The zero-order chi connectivity index (χ0) is 23.1. The van der Waals surface area contributed by atoms with Crippen LogP contribution >= 0.6 is 0 Å². The minimum absolute atomic E-state index is 0.261. The third-order valence-corrected chi connectivity index (χ3v) is 6.21. The van der Waals surface area contributed by atoms with Crippen LogP contribution in [0, 0.1) is 29.1 Å². The Morgan fingerprint density at radius 1 is 0.935 bits per heavy atom. The minimum Gasteiger partial charge on any atom is -0.493 e. The molecule has 1 fully saturated rings. The van der Waals surface area contributed by atoms with Crippen LogP contribution in [-0.2, 0) is 15.0 Å². The Morgan fingerprint density at radius 2 is 1.48 bits per heavy atom. The van der Waals surface area contributed by atoms with Gasteiger partial charge >= 0.3 is 10.1 Å². The maximum Gasteiger partial charge on any atom is 0.316 e. The summed E-state index contributed by atoms with van der Waals surface area (Å²) in [6, 6.07) is 3.38. The van der Waals surface area contributed by atoms with Crippen molar-refractivity contribution in [3.05, 3.63) is 52.8 Å². The first-order chi connectivity index (χ1) is 14.5. The lowest BCUT2D eigenvalue weighted by Crippen LogP contribution is -2.34. The van der Waals surface area contributed by atoms with Gasteiger partial charge in [-0.2, -0.15) is 22.3 Å². The maximum atomic E-state index is 13.9. The number of halogens is 5. The zero-order valence-electron chi connectivity index (χ0n) is 16.3. The second kappa shape index (κ2) is 8.48. The van der Waals surface area contributed by atoms with Gasteiger partial charge in [0, 0.05) is 7.05 Å². The lowest BCUT2D eigenvalue weighted by Gasteiger charge is -2.23. The summed E-state index contributed by atoms with van der Waals surface area (Å²) in [5.41, 5.74) is 0.340. The van der Waals surface area contributed by atoms with Gasteiger partial charge in [0.15, 0.2) is 11.5 Å². The van der Waals surface area contributed by atoms with Crippen LogP contribution in [0.5, 0.6) is 17.2 Å². The Labute approximate surface area is 174 Å². The number of ether oxygens (including phenoxy) is 2. The van der Waals surface area contributed by atoms with Gasteiger partial charge < -0.3 is 13.7 Å². The predicted molar refractivity (Wildman–Crippen MR) is 95.6 cm³/mol. The molecule has 0 amide bonds. The number of hydroxylamine groups is 2. The van der Waals surface area contributed by atoms with Crippen molar-refractivity contribution in [1.82, 2.24) is 5.06 Å². The standard InChI is InChI=1S/C18H16F5NO6S/c1-24-17(8-4-5-9(27-2)10(6-8)28-3)11(7-29-24)31(25,26)30-18-15(22)13(20)12(19)14(21)16(18)23/h4-6,11,17H,7H2,1-3H3. The van der Waals surface area contributed by atoms with Gasteiger partial charge in [-0.15, -0.1) is 0 Å². The minimum atomic E-state index is -4.94. The smallest absolute Gasteiger partial charge is 0.316 e. The third-order valence-electron chi connectivity index (χ3n) is 4.68. The molecule has 0 bridgehead atoms. The Hall–Kier alpha value is -2.64. The van der Waals surface area contributed by atoms with E-state index in [4.69, 9.17) is 14.3 Å². The fourth-order valence-corrected chi connectivity index (χ4v) is 4.51. The van der Waals surface area contributed by atoms with E-state index in [2.05, 4.69) is 4.18 Å². The molecule has 2 atom stereocenters. The Kier molecular flexibility index (Phi) is 6.30. The summed E-state index contributed by atoms with van der Waals surface area (Å²) < 4.78 is 108. The molecule has 170 valence electrons. The molecule has 0 aliphatic carbocycles. The van der Waals surface area contributed by atoms with Gasteiger partial charge in [0.2, 0.25) is 34.8 Å². The van der Waals surface area contributed by atoms with E-state index in [9.17, 15) is 30.4 Å². The predicted octanol–water partition coefficient (Wildman–Crippen LogP) is 3.09. The molecule has 31 heavy (non-hydrogen) atoms. The van der Waals surface area contributed by atoms with Gasteiger partial charge in [0.1, 0.15) is 5.25 Å². The number of methoxy groups -OCH3 is 2. The number of nitrogens with zero attached hydrogens (tertiary/aromatic N) is 1. The molecule has 13 heteroatoms. The van der Waals surface area contributed by atoms with Crippen molar-refractivity contribution >= 4 is 10.1 Å². The van der Waals surface area contributed by atoms with Crippen molar-refractivity contribution in [2.75, 3.05) is 27.9 Å². The highest BCUT2D eigenvalue weighted by Crippen LogP contribution is 2.39. The van der Waals surface area contributed by atoms with E-state index in [-0.39, 0.29) is 5.75 Å². The van der Waals surface area contributed by atoms with Gasteiger partial charge in [0.25, 0.3) is 0 Å². The molecule has 0 spiro atoms. The lowest BCUT2D eigenvalue weighted by atomic mass is 10.0. The van der Waals surface area contributed by atoms with Gasteiger partial charge in [-0.1, -0.05) is 6.07 Å². The van der Waals surface area contributed by atoms with E-state index >= 15 is 0 Å². The third kappa shape index (κ3) is 4.00. The molecular formula is C18H16F5NO6S. The van der Waals surface area contributed by atoms with Crippen molar-refractivity contribution < 1.29 is 48.9 Å². The molecule has 2 unspecified atom stereocenters. The topological polar surface area (TPSA) is 74.3 Å². The molecule has 0 N–H and O–H groups in total. The van der Waals surface area contributed by atoms with Crippen LogP contribution in [0.1, 0.15) is 11.6 Å². The van der Waals surface area contributed by atoms with Crippen molar-refractivity contribution in [1.29, 1.82) is 0 Å². The molecule has 0 aromatic heterocycles. The van der Waals surface area contributed by atoms with Crippen LogP contribution in [0.25, 0.3) is 0 Å². The van der Waals surface area contributed by atoms with Gasteiger partial charge in [-0.05, 0) is 17.7 Å². The monoisotopic (exact) mass is 469 g/mol. The normalized spacial score (nSPS) is 19.5. The number of hydrogen-bond acceptors (Lipinski definition) is 7. The molecule has 2 aromatic rings. The van der Waals surface area contributed by atoms with Crippen LogP contribution in [-0.4, -0.2) is 46.6 Å². The average Bonchev–Trinajstić information content (AvgIpc) is 3.15. The fraction of sp³-hybridized carbons (Fsp3) is 0.333. The average molecular weight is 469 g/mol. The molecule has 1 aliphatic heterocycles. The molecular weight excluding hydrogens is 453 g/mol. The number of rotatable bonds is 6. The molecule has 0 radical (unpaired) electrons. The van der Waals surface area contributed by atoms with E-state index in [1.165, 1.54) is 39.5 Å². The summed E-state index contributed by atoms with van der Waals surface area (Å²) in [7, 11) is -0.792. The molecule has 1 heterocycles. The van der Waals surface area contributed by atoms with E-state index in [1.807, 2.05) is 0 Å². The lowest BCUT2D eigenvalue weighted by molar-refractivity contribution is -0.110. The first-order valence-corrected chi connectivity index (χ1v) is 10.0. The van der Waals surface area contributed by atoms with Crippen molar-refractivity contribution in [3.8, 4) is 17.2 Å². The maximum absolute atomic E-state index is 13.9. The quantitative estimate of drug-likeness (QED) is 0.279. The molecule has 3 rings (SSSR count). The van der Waals surface area contributed by atoms with Gasteiger partial charge in [-0.25, -0.2) is 13.2 Å². The number of benzene rings is 2. The summed E-state index contributed by atoms with van der Waals surface area (Å²) in [5, 5.41) is -0.420. The van der Waals surface area contributed by atoms with E-state index in [1.54, 1.807) is 0 Å². The highest BCUT2D eigenvalue weighted by atomic mass is 32.2. The molecule has 2 aromatic carbocycles. The van der Waals surface area contributed by atoms with Crippen molar-refractivity contribution in [2.24, 2.45) is 0 Å². The second-order valence-electron chi connectivity index (χ2n) is 6.41.